The highest BCUT2D eigenvalue weighted by molar-refractivity contribution is 5.73. The Morgan fingerprint density at radius 1 is 1.06 bits per heavy atom. The maximum atomic E-state index is 4.33. The van der Waals surface area contributed by atoms with Gasteiger partial charge >= 0.3 is 0 Å². The van der Waals surface area contributed by atoms with E-state index in [0.29, 0.717) is 12.1 Å². The van der Waals surface area contributed by atoms with Crippen molar-refractivity contribution < 1.29 is 0 Å². The van der Waals surface area contributed by atoms with Crippen molar-refractivity contribution in [1.29, 1.82) is 0 Å². The average Bonchev–Trinajstić information content (AvgIpc) is 2.44. The van der Waals surface area contributed by atoms with Crippen LogP contribution in [0.3, 0.4) is 0 Å². The first-order valence-electron chi connectivity index (χ1n) is 7.34. The molecule has 18 heavy (non-hydrogen) atoms. The van der Waals surface area contributed by atoms with Crippen LogP contribution >= 0.6 is 0 Å². The van der Waals surface area contributed by atoms with Crippen molar-refractivity contribution in [3.05, 3.63) is 18.5 Å². The molecule has 1 fully saturated rings. The van der Waals surface area contributed by atoms with Gasteiger partial charge in [-0.05, 0) is 32.8 Å². The lowest BCUT2D eigenvalue weighted by molar-refractivity contribution is 0.339. The van der Waals surface area contributed by atoms with Crippen LogP contribution in [0.15, 0.2) is 18.5 Å². The molecule has 98 valence electrons. The predicted octanol–water partition coefficient (Wildman–Crippen LogP) is 3.06. The summed E-state index contributed by atoms with van der Waals surface area (Å²) in [5, 5.41) is 0. The van der Waals surface area contributed by atoms with Crippen LogP contribution in [0.4, 0.5) is 11.4 Å². The molecule has 2 aliphatic rings. The molecule has 0 spiro atoms. The van der Waals surface area contributed by atoms with E-state index in [2.05, 4.69) is 34.7 Å². The Balaban J connectivity index is 2.07. The minimum absolute atomic E-state index is 0.695. The molecule has 0 saturated heterocycles. The molecule has 3 heteroatoms. The number of nitrogens with zero attached hydrogens (tertiary/aromatic N) is 3. The number of hydrogen-bond donors (Lipinski definition) is 0. The summed E-state index contributed by atoms with van der Waals surface area (Å²) in [6, 6.07) is 3.59. The van der Waals surface area contributed by atoms with Crippen molar-refractivity contribution in [2.75, 3.05) is 22.9 Å². The second-order valence-electron chi connectivity index (χ2n) is 5.36. The summed E-state index contributed by atoms with van der Waals surface area (Å²) in [7, 11) is 0. The highest BCUT2D eigenvalue weighted by Gasteiger charge is 2.39. The van der Waals surface area contributed by atoms with E-state index < -0.39 is 0 Å². The zero-order chi connectivity index (χ0) is 12.5. The maximum Gasteiger partial charge on any atom is 0.0793 e. The molecular weight excluding hydrogens is 222 g/mol. The molecule has 0 aromatic carbocycles. The van der Waals surface area contributed by atoms with Crippen molar-refractivity contribution in [3.8, 4) is 0 Å². The smallest absolute Gasteiger partial charge is 0.0793 e. The first kappa shape index (κ1) is 11.8. The SMILES string of the molecule is CCN1c2ccncc2N(CC)[C@@H]2CCCCC21. The Hall–Kier alpha value is -1.25. The third kappa shape index (κ3) is 1.68. The lowest BCUT2D eigenvalue weighted by Gasteiger charge is -2.51. The van der Waals surface area contributed by atoms with Crippen LogP contribution in [0.5, 0.6) is 0 Å². The van der Waals surface area contributed by atoms with E-state index in [1.54, 1.807) is 0 Å². The first-order valence-corrected chi connectivity index (χ1v) is 7.34. The summed E-state index contributed by atoms with van der Waals surface area (Å²) in [4.78, 5) is 9.52. The van der Waals surface area contributed by atoms with Crippen LogP contribution in [-0.2, 0) is 0 Å². The van der Waals surface area contributed by atoms with E-state index in [1.165, 1.54) is 37.1 Å². The van der Waals surface area contributed by atoms with Gasteiger partial charge in [-0.15, -0.1) is 0 Å². The molecule has 2 atom stereocenters. The Kier molecular flexibility index (Phi) is 3.14. The summed E-state index contributed by atoms with van der Waals surface area (Å²) >= 11 is 0. The average molecular weight is 245 g/mol. The number of anilines is 2. The van der Waals surface area contributed by atoms with Gasteiger partial charge in [0.05, 0.1) is 17.6 Å². The fourth-order valence-electron chi connectivity index (χ4n) is 3.83. The van der Waals surface area contributed by atoms with Crippen LogP contribution in [0.1, 0.15) is 39.5 Å². The van der Waals surface area contributed by atoms with E-state index >= 15 is 0 Å². The van der Waals surface area contributed by atoms with Crippen molar-refractivity contribution in [2.45, 2.75) is 51.6 Å². The molecule has 2 heterocycles. The van der Waals surface area contributed by atoms with Gasteiger partial charge in [0, 0.05) is 31.4 Å². The Labute approximate surface area is 110 Å². The minimum atomic E-state index is 0.695. The number of fused-ring (bicyclic) bond motifs is 2. The van der Waals surface area contributed by atoms with E-state index in [1.807, 2.05) is 12.4 Å². The second-order valence-corrected chi connectivity index (χ2v) is 5.36. The third-order valence-electron chi connectivity index (χ3n) is 4.57. The fourth-order valence-corrected chi connectivity index (χ4v) is 3.83. The van der Waals surface area contributed by atoms with Crippen molar-refractivity contribution in [1.82, 2.24) is 4.98 Å². The van der Waals surface area contributed by atoms with Crippen molar-refractivity contribution in [3.63, 3.8) is 0 Å². The monoisotopic (exact) mass is 245 g/mol. The minimum Gasteiger partial charge on any atom is -0.365 e. The number of aromatic nitrogens is 1. The maximum absolute atomic E-state index is 4.33. The topological polar surface area (TPSA) is 19.4 Å². The van der Waals surface area contributed by atoms with Gasteiger partial charge in [0.25, 0.3) is 0 Å². The number of pyridine rings is 1. The number of rotatable bonds is 2. The van der Waals surface area contributed by atoms with Crippen LogP contribution in [0, 0.1) is 0 Å². The molecule has 0 bridgehead atoms. The van der Waals surface area contributed by atoms with Gasteiger partial charge in [-0.3, -0.25) is 4.98 Å². The summed E-state index contributed by atoms with van der Waals surface area (Å²) in [6.45, 7) is 6.74. The lowest BCUT2D eigenvalue weighted by Crippen LogP contribution is -2.57. The van der Waals surface area contributed by atoms with E-state index in [-0.39, 0.29) is 0 Å². The fraction of sp³-hybridized carbons (Fsp3) is 0.667. The van der Waals surface area contributed by atoms with Crippen molar-refractivity contribution in [2.24, 2.45) is 0 Å². The molecule has 0 N–H and O–H groups in total. The largest absolute Gasteiger partial charge is 0.365 e. The number of likely N-dealkylation sites (N-methyl/N-ethyl adjacent to an activating group) is 2. The molecule has 0 radical (unpaired) electrons. The first-order chi connectivity index (χ1) is 8.86. The normalized spacial score (nSPS) is 26.8. The molecule has 1 saturated carbocycles. The van der Waals surface area contributed by atoms with Crippen LogP contribution in [0.2, 0.25) is 0 Å². The summed E-state index contributed by atoms with van der Waals surface area (Å²) in [6.07, 6.45) is 9.42. The second kappa shape index (κ2) is 4.79. The van der Waals surface area contributed by atoms with Gasteiger partial charge in [-0.25, -0.2) is 0 Å². The van der Waals surface area contributed by atoms with Crippen LogP contribution in [-0.4, -0.2) is 30.2 Å². The highest BCUT2D eigenvalue weighted by Crippen LogP contribution is 2.41. The Bertz CT molecular complexity index is 379. The molecule has 3 rings (SSSR count). The van der Waals surface area contributed by atoms with Gasteiger partial charge < -0.3 is 9.80 Å². The molecule has 3 nitrogen and oxygen atoms in total. The Morgan fingerprint density at radius 3 is 2.28 bits per heavy atom. The van der Waals surface area contributed by atoms with Gasteiger partial charge in [0.15, 0.2) is 0 Å². The zero-order valence-corrected chi connectivity index (χ0v) is 11.5. The van der Waals surface area contributed by atoms with Crippen LogP contribution in [0.25, 0.3) is 0 Å². The number of hydrogen-bond acceptors (Lipinski definition) is 3. The lowest BCUT2D eigenvalue weighted by atomic mass is 9.85. The Morgan fingerprint density at radius 2 is 1.67 bits per heavy atom. The van der Waals surface area contributed by atoms with Gasteiger partial charge in [-0.2, -0.15) is 0 Å². The van der Waals surface area contributed by atoms with Crippen LogP contribution < -0.4 is 9.80 Å². The molecular formula is C15H23N3. The molecule has 1 aromatic heterocycles. The van der Waals surface area contributed by atoms with Gasteiger partial charge in [-0.1, -0.05) is 12.8 Å². The standard InChI is InChI=1S/C15H23N3/c1-3-17-12-7-5-6-8-13(12)18(4-2)15-11-16-10-9-14(15)17/h9-13H,3-8H2,1-2H3/t12?,13-/m1/s1. The van der Waals surface area contributed by atoms with E-state index in [4.69, 9.17) is 0 Å². The van der Waals surface area contributed by atoms with Crippen molar-refractivity contribution >= 4 is 11.4 Å². The van der Waals surface area contributed by atoms with Gasteiger partial charge in [0.1, 0.15) is 0 Å². The quantitative estimate of drug-likeness (QED) is 0.798. The summed E-state index contributed by atoms with van der Waals surface area (Å²) < 4.78 is 0. The van der Waals surface area contributed by atoms with Gasteiger partial charge in [0.2, 0.25) is 0 Å². The molecule has 1 aromatic rings. The van der Waals surface area contributed by atoms with E-state index in [0.717, 1.165) is 13.1 Å². The highest BCUT2D eigenvalue weighted by atomic mass is 15.3. The molecule has 1 aliphatic carbocycles. The predicted molar refractivity (Wildman–Crippen MR) is 76.3 cm³/mol. The zero-order valence-electron chi connectivity index (χ0n) is 11.5. The summed E-state index contributed by atoms with van der Waals surface area (Å²) in [5.41, 5.74) is 2.72. The third-order valence-corrected chi connectivity index (χ3v) is 4.57. The van der Waals surface area contributed by atoms with E-state index in [9.17, 15) is 0 Å². The molecule has 1 aliphatic heterocycles. The molecule has 1 unspecified atom stereocenters. The summed E-state index contributed by atoms with van der Waals surface area (Å²) in [5.74, 6) is 0. The molecule has 0 amide bonds.